The monoisotopic (exact) mass is 263 g/mol. The van der Waals surface area contributed by atoms with Gasteiger partial charge in [-0.2, -0.15) is 13.2 Å². The van der Waals surface area contributed by atoms with Crippen LogP contribution in [0.4, 0.5) is 13.2 Å². The molecule has 0 saturated carbocycles. The predicted molar refractivity (Wildman–Crippen MR) is 60.7 cm³/mol. The standard InChI is InChI=1S/C11H16F3N3O/c12-11(13,14)8-17(4-5-18)10(6-15)9-2-1-3-16-7-9/h1-3,7,10,18H,4-6,8,15H2. The molecular formula is C11H16F3N3O. The molecule has 18 heavy (non-hydrogen) atoms. The van der Waals surface area contributed by atoms with Gasteiger partial charge in [0.1, 0.15) is 0 Å². The van der Waals surface area contributed by atoms with Crippen molar-refractivity contribution in [3.8, 4) is 0 Å². The molecular weight excluding hydrogens is 247 g/mol. The van der Waals surface area contributed by atoms with Crippen molar-refractivity contribution >= 4 is 0 Å². The molecule has 3 N–H and O–H groups in total. The SMILES string of the molecule is NCC(c1cccnc1)N(CCO)CC(F)(F)F. The van der Waals surface area contributed by atoms with E-state index in [1.165, 1.54) is 12.4 Å². The summed E-state index contributed by atoms with van der Waals surface area (Å²) in [6.07, 6.45) is -1.31. The summed E-state index contributed by atoms with van der Waals surface area (Å²) in [4.78, 5) is 4.97. The molecule has 0 aliphatic rings. The second kappa shape index (κ2) is 6.67. The van der Waals surface area contributed by atoms with Crippen LogP contribution in [0.25, 0.3) is 0 Å². The highest BCUT2D eigenvalue weighted by Crippen LogP contribution is 2.24. The molecule has 1 rings (SSSR count). The number of aliphatic hydroxyl groups excluding tert-OH is 1. The lowest BCUT2D eigenvalue weighted by Crippen LogP contribution is -2.41. The summed E-state index contributed by atoms with van der Waals surface area (Å²) in [7, 11) is 0. The van der Waals surface area contributed by atoms with E-state index in [1.54, 1.807) is 12.1 Å². The molecule has 0 amide bonds. The number of hydrogen-bond acceptors (Lipinski definition) is 4. The molecule has 0 aliphatic heterocycles. The van der Waals surface area contributed by atoms with Gasteiger partial charge in [-0.25, -0.2) is 0 Å². The third-order valence-electron chi connectivity index (χ3n) is 2.50. The highest BCUT2D eigenvalue weighted by Gasteiger charge is 2.33. The summed E-state index contributed by atoms with van der Waals surface area (Å²) >= 11 is 0. The number of alkyl halides is 3. The van der Waals surface area contributed by atoms with Gasteiger partial charge in [0.2, 0.25) is 0 Å². The minimum atomic E-state index is -4.33. The van der Waals surface area contributed by atoms with Crippen LogP contribution in [0.2, 0.25) is 0 Å². The van der Waals surface area contributed by atoms with E-state index in [2.05, 4.69) is 4.98 Å². The molecule has 0 bridgehead atoms. The lowest BCUT2D eigenvalue weighted by molar-refractivity contribution is -0.151. The molecule has 7 heteroatoms. The van der Waals surface area contributed by atoms with Crippen LogP contribution in [-0.2, 0) is 0 Å². The maximum Gasteiger partial charge on any atom is 0.401 e. The Labute approximate surface area is 103 Å². The van der Waals surface area contributed by atoms with Gasteiger partial charge < -0.3 is 10.8 Å². The Hall–Kier alpha value is -1.18. The number of aliphatic hydroxyl groups is 1. The van der Waals surface area contributed by atoms with Crippen LogP contribution in [0.1, 0.15) is 11.6 Å². The highest BCUT2D eigenvalue weighted by atomic mass is 19.4. The van der Waals surface area contributed by atoms with Crippen LogP contribution in [0.3, 0.4) is 0 Å². The van der Waals surface area contributed by atoms with Gasteiger partial charge in [0.15, 0.2) is 0 Å². The van der Waals surface area contributed by atoms with Crippen molar-refractivity contribution in [2.24, 2.45) is 5.73 Å². The van der Waals surface area contributed by atoms with Gasteiger partial charge >= 0.3 is 6.18 Å². The minimum absolute atomic E-state index is 0.0295. The van der Waals surface area contributed by atoms with E-state index in [9.17, 15) is 13.2 Å². The van der Waals surface area contributed by atoms with Gasteiger partial charge in [-0.3, -0.25) is 9.88 Å². The zero-order valence-electron chi connectivity index (χ0n) is 9.77. The van der Waals surface area contributed by atoms with Crippen molar-refractivity contribution < 1.29 is 18.3 Å². The fourth-order valence-corrected chi connectivity index (χ4v) is 1.77. The topological polar surface area (TPSA) is 62.4 Å². The molecule has 1 aromatic rings. The molecule has 0 fully saturated rings. The average Bonchev–Trinajstić information content (AvgIpc) is 2.29. The normalized spacial score (nSPS) is 13.9. The first-order valence-corrected chi connectivity index (χ1v) is 5.49. The first-order valence-electron chi connectivity index (χ1n) is 5.49. The number of nitrogens with two attached hydrogens (primary N) is 1. The summed E-state index contributed by atoms with van der Waals surface area (Å²) in [5, 5.41) is 8.86. The Bertz CT molecular complexity index is 345. The number of pyridine rings is 1. The van der Waals surface area contributed by atoms with Gasteiger partial charge in [0.05, 0.1) is 13.2 Å². The van der Waals surface area contributed by atoms with E-state index >= 15 is 0 Å². The number of halogens is 3. The Morgan fingerprint density at radius 1 is 1.44 bits per heavy atom. The molecule has 102 valence electrons. The van der Waals surface area contributed by atoms with E-state index in [4.69, 9.17) is 10.8 Å². The Morgan fingerprint density at radius 2 is 2.17 bits per heavy atom. The minimum Gasteiger partial charge on any atom is -0.395 e. The van der Waals surface area contributed by atoms with Gasteiger partial charge in [-0.15, -0.1) is 0 Å². The van der Waals surface area contributed by atoms with Crippen molar-refractivity contribution in [1.82, 2.24) is 9.88 Å². The number of nitrogens with zero attached hydrogens (tertiary/aromatic N) is 2. The van der Waals surface area contributed by atoms with E-state index in [1.807, 2.05) is 0 Å². The summed E-state index contributed by atoms with van der Waals surface area (Å²) in [5.74, 6) is 0. The molecule has 0 saturated heterocycles. The van der Waals surface area contributed by atoms with Gasteiger partial charge in [0.25, 0.3) is 0 Å². The van der Waals surface area contributed by atoms with Crippen LogP contribution >= 0.6 is 0 Å². The summed E-state index contributed by atoms with van der Waals surface area (Å²) in [6, 6.07) is 2.71. The molecule has 4 nitrogen and oxygen atoms in total. The van der Waals surface area contributed by atoms with Crippen molar-refractivity contribution in [3.63, 3.8) is 0 Å². The van der Waals surface area contributed by atoms with Crippen molar-refractivity contribution in [1.29, 1.82) is 0 Å². The smallest absolute Gasteiger partial charge is 0.395 e. The van der Waals surface area contributed by atoms with E-state index < -0.39 is 18.8 Å². The van der Waals surface area contributed by atoms with E-state index in [-0.39, 0.29) is 19.7 Å². The van der Waals surface area contributed by atoms with Gasteiger partial charge in [0, 0.05) is 31.5 Å². The number of aromatic nitrogens is 1. The second-order valence-electron chi connectivity index (χ2n) is 3.85. The summed E-state index contributed by atoms with van der Waals surface area (Å²) in [6.45, 7) is -1.52. The Balaban J connectivity index is 2.87. The molecule has 1 aromatic heterocycles. The van der Waals surface area contributed by atoms with E-state index in [0.29, 0.717) is 5.56 Å². The first kappa shape index (κ1) is 14.9. The average molecular weight is 263 g/mol. The highest BCUT2D eigenvalue weighted by molar-refractivity contribution is 5.14. The molecule has 1 atom stereocenters. The largest absolute Gasteiger partial charge is 0.401 e. The molecule has 0 aliphatic carbocycles. The maximum absolute atomic E-state index is 12.5. The Morgan fingerprint density at radius 3 is 2.61 bits per heavy atom. The molecule has 0 radical (unpaired) electrons. The van der Waals surface area contributed by atoms with Gasteiger partial charge in [-0.05, 0) is 11.6 Å². The summed E-state index contributed by atoms with van der Waals surface area (Å²) in [5.41, 5.74) is 6.15. The fraction of sp³-hybridized carbons (Fsp3) is 0.545. The fourth-order valence-electron chi connectivity index (χ4n) is 1.77. The number of hydrogen-bond donors (Lipinski definition) is 2. The van der Waals surface area contributed by atoms with Crippen molar-refractivity contribution in [2.45, 2.75) is 12.2 Å². The van der Waals surface area contributed by atoms with Crippen LogP contribution in [0, 0.1) is 0 Å². The molecule has 0 aromatic carbocycles. The number of rotatable bonds is 6. The first-order chi connectivity index (χ1) is 8.48. The lowest BCUT2D eigenvalue weighted by atomic mass is 10.1. The zero-order chi connectivity index (χ0) is 13.6. The second-order valence-corrected chi connectivity index (χ2v) is 3.85. The quantitative estimate of drug-likeness (QED) is 0.801. The molecule has 1 unspecified atom stereocenters. The lowest BCUT2D eigenvalue weighted by Gasteiger charge is -2.31. The maximum atomic E-state index is 12.5. The zero-order valence-corrected chi connectivity index (χ0v) is 9.77. The van der Waals surface area contributed by atoms with E-state index in [0.717, 1.165) is 4.90 Å². The molecule has 0 spiro atoms. The third kappa shape index (κ3) is 4.59. The van der Waals surface area contributed by atoms with Crippen molar-refractivity contribution in [3.05, 3.63) is 30.1 Å². The van der Waals surface area contributed by atoms with Gasteiger partial charge in [-0.1, -0.05) is 6.07 Å². The van der Waals surface area contributed by atoms with Crippen LogP contribution < -0.4 is 5.73 Å². The molecule has 1 heterocycles. The summed E-state index contributed by atoms with van der Waals surface area (Å²) < 4.78 is 37.4. The van der Waals surface area contributed by atoms with Crippen molar-refractivity contribution in [2.75, 3.05) is 26.2 Å². The van der Waals surface area contributed by atoms with Crippen LogP contribution in [0.5, 0.6) is 0 Å². The third-order valence-corrected chi connectivity index (χ3v) is 2.50. The predicted octanol–water partition coefficient (Wildman–Crippen LogP) is 0.938. The van der Waals surface area contributed by atoms with Crippen LogP contribution in [-0.4, -0.2) is 47.4 Å². The van der Waals surface area contributed by atoms with Crippen LogP contribution in [0.15, 0.2) is 24.5 Å². The Kier molecular flexibility index (Phi) is 5.52.